The van der Waals surface area contributed by atoms with Crippen LogP contribution in [0.1, 0.15) is 94.9 Å². The number of halogens is 1. The van der Waals surface area contributed by atoms with Crippen molar-refractivity contribution in [1.82, 2.24) is 15.1 Å². The van der Waals surface area contributed by atoms with Crippen LogP contribution in [0, 0.1) is 0 Å². The number of carbonyl (C=O) groups is 8. The van der Waals surface area contributed by atoms with E-state index in [1.807, 2.05) is 91.9 Å². The zero-order valence-electron chi connectivity index (χ0n) is 52.6. The number of carboxylic acids is 1. The molecule has 2 aliphatic heterocycles. The molecule has 0 saturated carbocycles. The van der Waals surface area contributed by atoms with Gasteiger partial charge in [-0.2, -0.15) is 47.0 Å². The first-order valence-electron chi connectivity index (χ1n) is 29.3. The van der Waals surface area contributed by atoms with Gasteiger partial charge in [-0.3, -0.25) is 28.8 Å². The van der Waals surface area contributed by atoms with E-state index in [-0.39, 0.29) is 55.1 Å². The van der Waals surface area contributed by atoms with Crippen LogP contribution in [0.15, 0.2) is 121 Å². The van der Waals surface area contributed by atoms with Gasteiger partial charge >= 0.3 is 35.8 Å². The lowest BCUT2D eigenvalue weighted by atomic mass is 10.2. The van der Waals surface area contributed by atoms with E-state index in [1.54, 1.807) is 73.1 Å². The summed E-state index contributed by atoms with van der Waals surface area (Å²) in [5.74, 6) is 3.40. The maximum Gasteiger partial charge on any atom is 0.329 e. The Bertz CT molecular complexity index is 2550. The molecule has 0 spiro atoms. The molecule has 2 heterocycles. The van der Waals surface area contributed by atoms with Gasteiger partial charge in [0.25, 0.3) is 0 Å². The molecule has 0 bridgehead atoms. The Hall–Kier alpha value is -5.60. The smallest absolute Gasteiger partial charge is 0.329 e. The van der Waals surface area contributed by atoms with Crippen molar-refractivity contribution in [3.8, 4) is 0 Å². The van der Waals surface area contributed by atoms with Crippen LogP contribution in [0.2, 0.25) is 0 Å². The second-order valence-corrected chi connectivity index (χ2v) is 24.3. The largest absolute Gasteiger partial charge is 0.480 e. The number of rotatable bonds is 32. The molecule has 90 heavy (non-hydrogen) atoms. The molecule has 6 rings (SSSR count). The molecule has 4 atom stereocenters. The van der Waals surface area contributed by atoms with Crippen LogP contribution >= 0.6 is 63.0 Å². The van der Waals surface area contributed by atoms with Crippen molar-refractivity contribution in [3.63, 3.8) is 0 Å². The van der Waals surface area contributed by atoms with Crippen molar-refractivity contribution in [1.29, 1.82) is 0 Å². The van der Waals surface area contributed by atoms with Crippen LogP contribution in [-0.2, 0) is 89.8 Å². The minimum Gasteiger partial charge on any atom is -0.480 e. The topological polar surface area (TPSA) is 257 Å². The summed E-state index contributed by atoms with van der Waals surface area (Å²) in [5, 5.41) is 13.3. The summed E-state index contributed by atoms with van der Waals surface area (Å²) in [7, 11) is 7.36. The molecular formula is C66H97BrN4O15S4. The number of aliphatic carboxylic acids is 1. The predicted octanol–water partition coefficient (Wildman–Crippen LogP) is 10.5. The molecule has 2 fully saturated rings. The van der Waals surface area contributed by atoms with Crippen molar-refractivity contribution >= 4 is 111 Å². The molecule has 0 aliphatic carbocycles. The molecule has 24 heteroatoms. The fourth-order valence-electron chi connectivity index (χ4n) is 7.94. The molecule has 0 unspecified atom stereocenters. The van der Waals surface area contributed by atoms with Crippen molar-refractivity contribution in [2.75, 3.05) is 96.7 Å². The number of alkyl halides is 1. The lowest BCUT2D eigenvalue weighted by Crippen LogP contribution is -2.44. The van der Waals surface area contributed by atoms with Gasteiger partial charge in [0.05, 0.1) is 34.5 Å². The molecule has 2 aliphatic rings. The molecule has 4 aromatic carbocycles. The predicted molar refractivity (Wildman–Crippen MR) is 369 cm³/mol. The zero-order chi connectivity index (χ0) is 65.9. The summed E-state index contributed by atoms with van der Waals surface area (Å²) in [6.07, 6.45) is 4.99. The summed E-state index contributed by atoms with van der Waals surface area (Å²) in [6.45, 7) is 6.28. The number of amides is 2. The molecule has 2 amide bonds. The van der Waals surface area contributed by atoms with Crippen LogP contribution in [0.25, 0.3) is 0 Å². The SMILES string of the molecule is C.CCOC(=O)CCCBr.CCOC(=O)CCCN[C@@H](CSCc1ccccc1)C(=O)OC.COC.COC(=O)[C@@H](N)CSCc1ccccc1.COC(=O)[C@H](CSCc1ccccc1)N1CCCC1=O.O=C(O)[C@H](CSCc1ccccc1)N1CCCC1=O. The van der Waals surface area contributed by atoms with E-state index < -0.39 is 24.1 Å². The number of thioether (sulfide) groups is 4. The van der Waals surface area contributed by atoms with Crippen LogP contribution in [0.3, 0.4) is 0 Å². The highest BCUT2D eigenvalue weighted by atomic mass is 79.9. The molecule has 2 saturated heterocycles. The van der Waals surface area contributed by atoms with Gasteiger partial charge in [-0.1, -0.05) is 145 Å². The second-order valence-electron chi connectivity index (χ2n) is 19.4. The first-order valence-corrected chi connectivity index (χ1v) is 35.1. The van der Waals surface area contributed by atoms with Crippen LogP contribution < -0.4 is 11.1 Å². The van der Waals surface area contributed by atoms with E-state index >= 15 is 0 Å². The van der Waals surface area contributed by atoms with Gasteiger partial charge in [0, 0.05) is 104 Å². The number of esters is 5. The Morgan fingerprint density at radius 2 is 0.900 bits per heavy atom. The summed E-state index contributed by atoms with van der Waals surface area (Å²) in [6, 6.07) is 38.2. The summed E-state index contributed by atoms with van der Waals surface area (Å²) in [5.41, 5.74) is 10.4. The third-order valence-corrected chi connectivity index (χ3v) is 17.4. The number of likely N-dealkylation sites (tertiary alicyclic amines) is 2. The van der Waals surface area contributed by atoms with Crippen molar-refractivity contribution in [2.24, 2.45) is 5.73 Å². The van der Waals surface area contributed by atoms with E-state index in [1.165, 1.54) is 48.5 Å². The summed E-state index contributed by atoms with van der Waals surface area (Å²) in [4.78, 5) is 94.3. The van der Waals surface area contributed by atoms with Crippen LogP contribution in [0.4, 0.5) is 0 Å². The fraction of sp³-hybridized carbons (Fsp3) is 0.515. The van der Waals surface area contributed by atoms with E-state index in [9.17, 15) is 43.5 Å². The van der Waals surface area contributed by atoms with E-state index in [4.69, 9.17) is 19.9 Å². The van der Waals surface area contributed by atoms with Crippen LogP contribution in [0.5, 0.6) is 0 Å². The number of nitrogens with one attached hydrogen (secondary N) is 1. The van der Waals surface area contributed by atoms with Crippen molar-refractivity contribution in [2.45, 2.75) is 120 Å². The number of nitrogens with zero attached hydrogens (tertiary/aromatic N) is 2. The molecule has 4 aromatic rings. The lowest BCUT2D eigenvalue weighted by molar-refractivity contribution is -0.150. The lowest BCUT2D eigenvalue weighted by Gasteiger charge is -2.25. The highest BCUT2D eigenvalue weighted by molar-refractivity contribution is 9.09. The van der Waals surface area contributed by atoms with Crippen molar-refractivity contribution < 1.29 is 71.9 Å². The summed E-state index contributed by atoms with van der Waals surface area (Å²) >= 11 is 9.74. The second kappa shape index (κ2) is 55.1. The van der Waals surface area contributed by atoms with Gasteiger partial charge in [-0.25, -0.2) is 9.59 Å². The minimum absolute atomic E-state index is 0. The molecule has 502 valence electrons. The standard InChI is InChI=1S/C17H25NO4S.C15H19NO3S.C14H17NO3S.C11H15NO2S.C6H11BrO2.C2H6O.CH4/c1-3-22-16(19)10-7-11-18-15(17(20)21-2)13-23-12-14-8-5-4-6-9-14;1-19-15(18)13(16-9-5-8-14(16)17)11-20-10-12-6-3-2-4-7-12;16-13-7-4-8-15(13)12(14(17)18)10-19-9-11-5-2-1-3-6-11;1-14-11(13)10(12)8-15-7-9-5-3-2-4-6-9;1-2-9-6(8)4-3-5-7;1-3-2;/h4-6,8-9,15,18H,3,7,10-13H2,1-2H3;2-4,6-7,13H,5,8-11H2,1H3;1-3,5-6,12H,4,7-10H2,(H,17,18);2-6,10H,7-8,12H2,1H3;2-5H2,1H3;1-2H3;1H4/t15-;13-;12-;10-;;;/m0000.../s1. The summed E-state index contributed by atoms with van der Waals surface area (Å²) < 4.78 is 28.0. The van der Waals surface area contributed by atoms with Gasteiger partial charge in [0.1, 0.15) is 24.2 Å². The quantitative estimate of drug-likeness (QED) is 0.0178. The number of nitrogens with two attached hydrogens (primary N) is 1. The van der Waals surface area contributed by atoms with Gasteiger partial charge < -0.3 is 54.4 Å². The third kappa shape index (κ3) is 39.6. The van der Waals surface area contributed by atoms with Crippen molar-refractivity contribution in [3.05, 3.63) is 144 Å². The maximum absolute atomic E-state index is 11.9. The molecule has 0 radical (unpaired) electrons. The monoisotopic (exact) mass is 1390 g/mol. The maximum atomic E-state index is 11.9. The average Bonchev–Trinajstić information content (AvgIpc) is 2.41. The van der Waals surface area contributed by atoms with Gasteiger partial charge in [-0.05, 0) is 68.3 Å². The normalized spacial score (nSPS) is 13.3. The van der Waals surface area contributed by atoms with E-state index in [2.05, 4.69) is 71.9 Å². The Morgan fingerprint density at radius 3 is 1.24 bits per heavy atom. The number of ether oxygens (including phenoxy) is 6. The molecule has 4 N–H and O–H groups in total. The minimum atomic E-state index is -0.907. The number of methoxy groups -OCH3 is 4. The molecular weight excluding hydrogens is 1300 g/mol. The van der Waals surface area contributed by atoms with Gasteiger partial charge in [0.2, 0.25) is 11.8 Å². The Balaban J connectivity index is 0.00000111. The Morgan fingerprint density at radius 1 is 0.544 bits per heavy atom. The first kappa shape index (κ1) is 84.4. The fourth-order valence-corrected chi connectivity index (χ4v) is 12.4. The van der Waals surface area contributed by atoms with Gasteiger partial charge in [-0.15, -0.1) is 0 Å². The van der Waals surface area contributed by atoms with Gasteiger partial charge in [0.15, 0.2) is 0 Å². The highest BCUT2D eigenvalue weighted by Gasteiger charge is 2.34. The number of carbonyl (C=O) groups excluding carboxylic acids is 7. The molecule has 19 nitrogen and oxygen atoms in total. The average molecular weight is 1390 g/mol. The highest BCUT2D eigenvalue weighted by Crippen LogP contribution is 2.22. The number of hydrogen-bond donors (Lipinski definition) is 3. The zero-order valence-corrected chi connectivity index (χ0v) is 57.4. The van der Waals surface area contributed by atoms with Crippen LogP contribution in [-0.4, -0.2) is 183 Å². The number of benzene rings is 4. The number of hydrogen-bond acceptors (Lipinski definition) is 20. The third-order valence-electron chi connectivity index (χ3n) is 12.4. The van der Waals surface area contributed by atoms with E-state index in [0.717, 1.165) is 47.6 Å². The number of carboxylic acid groups (broad SMARTS) is 1. The first-order chi connectivity index (χ1) is 43.0. The van der Waals surface area contributed by atoms with E-state index in [0.29, 0.717) is 88.0 Å². The Labute approximate surface area is 559 Å². The Kier molecular flexibility index (Phi) is 51.6. The molecule has 0 aromatic heterocycles.